The summed E-state index contributed by atoms with van der Waals surface area (Å²) in [6, 6.07) is -0.108. The summed E-state index contributed by atoms with van der Waals surface area (Å²) in [7, 11) is 0. The van der Waals surface area contributed by atoms with E-state index in [1.807, 2.05) is 0 Å². The molecular weight excluding hydrogens is 268 g/mol. The molecular formula is C16H28N2O3. The Morgan fingerprint density at radius 3 is 2.29 bits per heavy atom. The Morgan fingerprint density at radius 2 is 1.76 bits per heavy atom. The second-order valence-electron chi connectivity index (χ2n) is 6.70. The zero-order valence-electron chi connectivity index (χ0n) is 13.0. The van der Waals surface area contributed by atoms with Crippen LogP contribution in [0, 0.1) is 5.92 Å². The van der Waals surface area contributed by atoms with Crippen LogP contribution in [-0.2, 0) is 4.79 Å². The number of hydrogen-bond donors (Lipinski definition) is 3. The number of hydrogen-bond acceptors (Lipinski definition) is 2. The van der Waals surface area contributed by atoms with Crippen LogP contribution in [0.3, 0.4) is 0 Å². The minimum Gasteiger partial charge on any atom is -0.480 e. The van der Waals surface area contributed by atoms with Crippen molar-refractivity contribution in [2.24, 2.45) is 5.92 Å². The highest BCUT2D eigenvalue weighted by molar-refractivity contribution is 5.86. The predicted molar refractivity (Wildman–Crippen MR) is 81.2 cm³/mol. The topological polar surface area (TPSA) is 78.4 Å². The van der Waals surface area contributed by atoms with Gasteiger partial charge in [-0.15, -0.1) is 0 Å². The standard InChI is InChI=1S/C16H28N2O3/c1-2-5-12-6-8-13(9-7-12)17-15(21)18-16(14(19)20)10-3-4-11-16/h12-13H,2-11H2,1H3,(H,19,20)(H2,17,18,21). The maximum Gasteiger partial charge on any atom is 0.329 e. The van der Waals surface area contributed by atoms with Gasteiger partial charge in [-0.2, -0.15) is 0 Å². The molecule has 2 aliphatic carbocycles. The normalized spacial score (nSPS) is 28.0. The van der Waals surface area contributed by atoms with Crippen LogP contribution in [0.4, 0.5) is 4.79 Å². The molecule has 0 radical (unpaired) electrons. The van der Waals surface area contributed by atoms with Crippen LogP contribution in [0.2, 0.25) is 0 Å². The average molecular weight is 296 g/mol. The van der Waals surface area contributed by atoms with Gasteiger partial charge in [0.1, 0.15) is 5.54 Å². The van der Waals surface area contributed by atoms with E-state index >= 15 is 0 Å². The lowest BCUT2D eigenvalue weighted by Gasteiger charge is -2.31. The maximum atomic E-state index is 12.1. The zero-order valence-corrected chi connectivity index (χ0v) is 13.0. The van der Waals surface area contributed by atoms with Crippen molar-refractivity contribution in [2.75, 3.05) is 0 Å². The molecule has 0 atom stereocenters. The fraction of sp³-hybridized carbons (Fsp3) is 0.875. The third-order valence-corrected chi connectivity index (χ3v) is 5.10. The number of carboxylic acid groups (broad SMARTS) is 1. The third kappa shape index (κ3) is 4.11. The van der Waals surface area contributed by atoms with Gasteiger partial charge in [-0.3, -0.25) is 0 Å². The van der Waals surface area contributed by atoms with E-state index in [2.05, 4.69) is 17.6 Å². The molecule has 5 heteroatoms. The summed E-state index contributed by atoms with van der Waals surface area (Å²) in [4.78, 5) is 23.5. The quantitative estimate of drug-likeness (QED) is 0.729. The second-order valence-corrected chi connectivity index (χ2v) is 6.70. The molecule has 2 rings (SSSR count). The smallest absolute Gasteiger partial charge is 0.329 e. The number of aliphatic carboxylic acids is 1. The van der Waals surface area contributed by atoms with Gasteiger partial charge in [-0.05, 0) is 44.4 Å². The molecule has 120 valence electrons. The first-order valence-electron chi connectivity index (χ1n) is 8.38. The highest BCUT2D eigenvalue weighted by Crippen LogP contribution is 2.30. The molecule has 2 amide bonds. The molecule has 0 heterocycles. The van der Waals surface area contributed by atoms with Gasteiger partial charge in [-0.25, -0.2) is 9.59 Å². The molecule has 0 aromatic heterocycles. The van der Waals surface area contributed by atoms with E-state index in [0.29, 0.717) is 12.8 Å². The Kier molecular flexibility index (Phi) is 5.48. The zero-order chi connectivity index (χ0) is 15.3. The Hall–Kier alpha value is -1.26. The summed E-state index contributed by atoms with van der Waals surface area (Å²) in [5.41, 5.74) is -1.04. The van der Waals surface area contributed by atoms with Crippen molar-refractivity contribution in [3.05, 3.63) is 0 Å². The monoisotopic (exact) mass is 296 g/mol. The molecule has 21 heavy (non-hydrogen) atoms. The SMILES string of the molecule is CCCC1CCC(NC(=O)NC2(C(=O)O)CCCC2)CC1. The Morgan fingerprint density at radius 1 is 1.14 bits per heavy atom. The van der Waals surface area contributed by atoms with E-state index in [1.165, 1.54) is 25.7 Å². The molecule has 5 nitrogen and oxygen atoms in total. The van der Waals surface area contributed by atoms with Crippen molar-refractivity contribution in [1.29, 1.82) is 0 Å². The van der Waals surface area contributed by atoms with Crippen molar-refractivity contribution in [1.82, 2.24) is 10.6 Å². The van der Waals surface area contributed by atoms with E-state index in [4.69, 9.17) is 0 Å². The van der Waals surface area contributed by atoms with Gasteiger partial charge in [-0.1, -0.05) is 32.6 Å². The Labute approximate surface area is 126 Å². The summed E-state index contributed by atoms with van der Waals surface area (Å²) in [5, 5.41) is 15.1. The first-order valence-corrected chi connectivity index (χ1v) is 8.38. The summed E-state index contributed by atoms with van der Waals surface area (Å²) in [6.07, 6.45) is 9.69. The molecule has 0 unspecified atom stereocenters. The van der Waals surface area contributed by atoms with Gasteiger partial charge < -0.3 is 15.7 Å². The van der Waals surface area contributed by atoms with Crippen molar-refractivity contribution < 1.29 is 14.7 Å². The third-order valence-electron chi connectivity index (χ3n) is 5.10. The van der Waals surface area contributed by atoms with E-state index in [1.54, 1.807) is 0 Å². The Balaban J connectivity index is 1.78. The highest BCUT2D eigenvalue weighted by Gasteiger charge is 2.42. The van der Waals surface area contributed by atoms with Crippen LogP contribution in [0.25, 0.3) is 0 Å². The van der Waals surface area contributed by atoms with Gasteiger partial charge in [0.2, 0.25) is 0 Å². The van der Waals surface area contributed by atoms with Crippen LogP contribution in [-0.4, -0.2) is 28.7 Å². The van der Waals surface area contributed by atoms with Gasteiger partial charge in [0.25, 0.3) is 0 Å². The van der Waals surface area contributed by atoms with E-state index < -0.39 is 11.5 Å². The molecule has 0 bridgehead atoms. The second kappa shape index (κ2) is 7.14. The van der Waals surface area contributed by atoms with Crippen LogP contribution >= 0.6 is 0 Å². The molecule has 2 aliphatic rings. The number of carbonyl (C=O) groups excluding carboxylic acids is 1. The fourth-order valence-corrected chi connectivity index (χ4v) is 3.81. The van der Waals surface area contributed by atoms with Crippen LogP contribution in [0.5, 0.6) is 0 Å². The van der Waals surface area contributed by atoms with E-state index in [-0.39, 0.29) is 12.1 Å². The summed E-state index contributed by atoms with van der Waals surface area (Å²) in [5.74, 6) is -0.0990. The minimum atomic E-state index is -1.04. The lowest BCUT2D eigenvalue weighted by atomic mass is 9.83. The number of urea groups is 1. The molecule has 0 spiro atoms. The van der Waals surface area contributed by atoms with Crippen molar-refractivity contribution in [3.8, 4) is 0 Å². The first-order chi connectivity index (χ1) is 10.1. The first kappa shape index (κ1) is 16.1. The molecule has 0 aromatic carbocycles. The number of nitrogens with one attached hydrogen (secondary N) is 2. The van der Waals surface area contributed by atoms with E-state index in [9.17, 15) is 14.7 Å². The largest absolute Gasteiger partial charge is 0.480 e. The molecule has 0 saturated heterocycles. The summed E-state index contributed by atoms with van der Waals surface area (Å²) < 4.78 is 0. The van der Waals surface area contributed by atoms with Crippen LogP contribution in [0.15, 0.2) is 0 Å². The Bertz CT molecular complexity index is 370. The lowest BCUT2D eigenvalue weighted by molar-refractivity contribution is -0.144. The van der Waals surface area contributed by atoms with Crippen molar-refractivity contribution in [3.63, 3.8) is 0 Å². The van der Waals surface area contributed by atoms with Gasteiger partial charge in [0.05, 0.1) is 0 Å². The average Bonchev–Trinajstić information content (AvgIpc) is 2.91. The number of carbonyl (C=O) groups is 2. The number of amides is 2. The highest BCUT2D eigenvalue weighted by atomic mass is 16.4. The number of carboxylic acids is 1. The lowest BCUT2D eigenvalue weighted by Crippen LogP contribution is -2.57. The molecule has 2 saturated carbocycles. The van der Waals surface area contributed by atoms with Gasteiger partial charge >= 0.3 is 12.0 Å². The van der Waals surface area contributed by atoms with Crippen molar-refractivity contribution in [2.45, 2.75) is 82.7 Å². The predicted octanol–water partition coefficient (Wildman–Crippen LogP) is 3.04. The van der Waals surface area contributed by atoms with Gasteiger partial charge in [0, 0.05) is 6.04 Å². The number of rotatable bonds is 5. The van der Waals surface area contributed by atoms with Crippen LogP contribution < -0.4 is 10.6 Å². The van der Waals surface area contributed by atoms with Gasteiger partial charge in [0.15, 0.2) is 0 Å². The maximum absolute atomic E-state index is 12.1. The molecule has 2 fully saturated rings. The molecule has 0 aliphatic heterocycles. The minimum absolute atomic E-state index is 0.199. The molecule has 3 N–H and O–H groups in total. The summed E-state index contributed by atoms with van der Waals surface area (Å²) in [6.45, 7) is 2.21. The van der Waals surface area contributed by atoms with E-state index in [0.717, 1.165) is 31.6 Å². The molecule has 0 aromatic rings. The fourth-order valence-electron chi connectivity index (χ4n) is 3.81. The van der Waals surface area contributed by atoms with Crippen molar-refractivity contribution >= 4 is 12.0 Å². The van der Waals surface area contributed by atoms with Crippen LogP contribution in [0.1, 0.15) is 71.1 Å². The summed E-state index contributed by atoms with van der Waals surface area (Å²) >= 11 is 0.